The molecule has 4 unspecified atom stereocenters. The zero-order chi connectivity index (χ0) is 23.7. The molecule has 8 nitrogen and oxygen atoms in total. The van der Waals surface area contributed by atoms with E-state index >= 15 is 0 Å². The highest BCUT2D eigenvalue weighted by Gasteiger charge is 2.31. The summed E-state index contributed by atoms with van der Waals surface area (Å²) in [5, 5.41) is 0. The summed E-state index contributed by atoms with van der Waals surface area (Å²) in [5.41, 5.74) is 2.27. The molecule has 4 atom stereocenters. The topological polar surface area (TPSA) is 68.5 Å². The SMILES string of the molecule is COc1cc(N2CC(C)N(c3ccc(OCC4CO4)c(OC)c3)CC2C)ccc1OCC1CO1. The number of nitrogens with zero attached hydrogens (tertiary/aromatic N) is 2. The maximum Gasteiger partial charge on any atom is 0.162 e. The second-order valence-corrected chi connectivity index (χ2v) is 9.21. The smallest absolute Gasteiger partial charge is 0.162 e. The summed E-state index contributed by atoms with van der Waals surface area (Å²) in [6.45, 7) is 8.95. The molecule has 2 aromatic carbocycles. The number of epoxide rings is 2. The van der Waals surface area contributed by atoms with Gasteiger partial charge in [-0.2, -0.15) is 0 Å². The molecular formula is C26H34N2O6. The quantitative estimate of drug-likeness (QED) is 0.490. The van der Waals surface area contributed by atoms with Gasteiger partial charge in [-0.1, -0.05) is 0 Å². The maximum absolute atomic E-state index is 5.88. The van der Waals surface area contributed by atoms with E-state index in [1.807, 2.05) is 12.1 Å². The molecule has 184 valence electrons. The lowest BCUT2D eigenvalue weighted by Gasteiger charge is -2.46. The molecule has 0 amide bonds. The molecule has 0 spiro atoms. The maximum atomic E-state index is 5.88. The second-order valence-electron chi connectivity index (χ2n) is 9.21. The summed E-state index contributed by atoms with van der Waals surface area (Å²) in [5.74, 6) is 3.00. The largest absolute Gasteiger partial charge is 0.493 e. The predicted octanol–water partition coefficient (Wildman–Crippen LogP) is 3.36. The van der Waals surface area contributed by atoms with Crippen molar-refractivity contribution in [1.82, 2.24) is 0 Å². The Morgan fingerprint density at radius 1 is 0.706 bits per heavy atom. The van der Waals surface area contributed by atoms with Crippen LogP contribution in [0.25, 0.3) is 0 Å². The highest BCUT2D eigenvalue weighted by atomic mass is 16.6. The fourth-order valence-electron chi connectivity index (χ4n) is 4.45. The van der Waals surface area contributed by atoms with Gasteiger partial charge in [0.05, 0.1) is 27.4 Å². The molecule has 8 heteroatoms. The van der Waals surface area contributed by atoms with Crippen LogP contribution in [-0.2, 0) is 9.47 Å². The molecule has 3 aliphatic heterocycles. The number of hydrogen-bond donors (Lipinski definition) is 0. The zero-order valence-electron chi connectivity index (χ0n) is 20.4. The Labute approximate surface area is 201 Å². The Bertz CT molecular complexity index is 914. The normalized spacial score (nSPS) is 25.6. The van der Waals surface area contributed by atoms with E-state index in [9.17, 15) is 0 Å². The van der Waals surface area contributed by atoms with Crippen molar-refractivity contribution in [2.24, 2.45) is 0 Å². The Hall–Kier alpha value is -2.84. The zero-order valence-corrected chi connectivity index (χ0v) is 20.4. The summed E-state index contributed by atoms with van der Waals surface area (Å²) in [7, 11) is 3.37. The molecule has 34 heavy (non-hydrogen) atoms. The summed E-state index contributed by atoms with van der Waals surface area (Å²) >= 11 is 0. The third kappa shape index (κ3) is 5.13. The molecule has 0 aromatic heterocycles. The fourth-order valence-corrected chi connectivity index (χ4v) is 4.45. The van der Waals surface area contributed by atoms with E-state index in [4.69, 9.17) is 28.4 Å². The van der Waals surface area contributed by atoms with Crippen molar-refractivity contribution in [2.45, 2.75) is 38.1 Å². The first kappa shape index (κ1) is 22.9. The highest BCUT2D eigenvalue weighted by molar-refractivity contribution is 5.61. The van der Waals surface area contributed by atoms with Crippen LogP contribution in [0, 0.1) is 0 Å². The van der Waals surface area contributed by atoms with Crippen LogP contribution in [0.4, 0.5) is 11.4 Å². The minimum absolute atomic E-state index is 0.213. The van der Waals surface area contributed by atoms with Gasteiger partial charge in [-0.05, 0) is 38.1 Å². The van der Waals surface area contributed by atoms with Gasteiger partial charge < -0.3 is 38.2 Å². The Kier molecular flexibility index (Phi) is 6.61. The van der Waals surface area contributed by atoms with E-state index in [1.165, 1.54) is 0 Å². The van der Waals surface area contributed by atoms with Crippen LogP contribution in [0.15, 0.2) is 36.4 Å². The standard InChI is InChI=1S/C26H34N2O6/c1-17-11-28(20-6-8-24(26(10-20)30-4)34-16-22-14-32-22)18(2)12-27(17)19-5-7-23(25(9-19)29-3)33-15-21-13-31-21/h5-10,17-18,21-22H,11-16H2,1-4H3. The molecule has 0 saturated carbocycles. The van der Waals surface area contributed by atoms with Crippen molar-refractivity contribution < 1.29 is 28.4 Å². The van der Waals surface area contributed by atoms with Crippen LogP contribution in [0.3, 0.4) is 0 Å². The van der Waals surface area contributed by atoms with Crippen molar-refractivity contribution >= 4 is 11.4 Å². The van der Waals surface area contributed by atoms with E-state index in [0.717, 1.165) is 60.7 Å². The molecular weight excluding hydrogens is 436 g/mol. The lowest BCUT2D eigenvalue weighted by molar-refractivity contribution is 0.252. The van der Waals surface area contributed by atoms with E-state index in [1.54, 1.807) is 14.2 Å². The van der Waals surface area contributed by atoms with Crippen molar-refractivity contribution in [3.05, 3.63) is 36.4 Å². The van der Waals surface area contributed by atoms with Crippen molar-refractivity contribution in [3.8, 4) is 23.0 Å². The number of rotatable bonds is 10. The van der Waals surface area contributed by atoms with Crippen LogP contribution in [0.2, 0.25) is 0 Å². The van der Waals surface area contributed by atoms with Crippen LogP contribution in [0.1, 0.15) is 13.8 Å². The van der Waals surface area contributed by atoms with Crippen LogP contribution in [0.5, 0.6) is 23.0 Å². The highest BCUT2D eigenvalue weighted by Crippen LogP contribution is 2.37. The first-order valence-electron chi connectivity index (χ1n) is 11.9. The molecule has 3 heterocycles. The number of hydrogen-bond acceptors (Lipinski definition) is 8. The number of piperazine rings is 1. The van der Waals surface area contributed by atoms with E-state index in [2.05, 4.69) is 47.9 Å². The van der Waals surface area contributed by atoms with Crippen LogP contribution < -0.4 is 28.7 Å². The first-order chi connectivity index (χ1) is 16.6. The van der Waals surface area contributed by atoms with Gasteiger partial charge in [-0.25, -0.2) is 0 Å². The van der Waals surface area contributed by atoms with Gasteiger partial charge in [-0.3, -0.25) is 0 Å². The molecule has 3 aliphatic rings. The number of benzene rings is 2. The summed E-state index contributed by atoms with van der Waals surface area (Å²) in [6.07, 6.45) is 0.426. The predicted molar refractivity (Wildman–Crippen MR) is 130 cm³/mol. The number of methoxy groups -OCH3 is 2. The molecule has 2 aromatic rings. The van der Waals surface area contributed by atoms with Crippen LogP contribution >= 0.6 is 0 Å². The molecule has 0 bridgehead atoms. The minimum atomic E-state index is 0.213. The molecule has 3 fully saturated rings. The van der Waals surface area contributed by atoms with Gasteiger partial charge in [0.25, 0.3) is 0 Å². The van der Waals surface area contributed by atoms with Crippen LogP contribution in [-0.4, -0.2) is 78.0 Å². The number of anilines is 2. The third-order valence-electron chi connectivity index (χ3n) is 6.60. The lowest BCUT2D eigenvalue weighted by Crippen LogP contribution is -2.56. The van der Waals surface area contributed by atoms with Gasteiger partial charge in [0.15, 0.2) is 23.0 Å². The Morgan fingerprint density at radius 2 is 1.12 bits per heavy atom. The summed E-state index contributed by atoms with van der Waals surface area (Å²) in [4.78, 5) is 4.86. The van der Waals surface area contributed by atoms with E-state index < -0.39 is 0 Å². The minimum Gasteiger partial charge on any atom is -0.493 e. The molecule has 0 radical (unpaired) electrons. The molecule has 3 saturated heterocycles. The van der Waals surface area contributed by atoms with Crippen molar-refractivity contribution in [3.63, 3.8) is 0 Å². The van der Waals surface area contributed by atoms with Crippen molar-refractivity contribution in [2.75, 3.05) is 63.5 Å². The monoisotopic (exact) mass is 470 g/mol. The summed E-state index contributed by atoms with van der Waals surface area (Å²) in [6, 6.07) is 13.0. The molecule has 5 rings (SSSR count). The third-order valence-corrected chi connectivity index (χ3v) is 6.60. The van der Waals surface area contributed by atoms with Gasteiger partial charge in [0.1, 0.15) is 25.4 Å². The van der Waals surface area contributed by atoms with Crippen molar-refractivity contribution in [1.29, 1.82) is 0 Å². The molecule has 0 aliphatic carbocycles. The second kappa shape index (κ2) is 9.80. The van der Waals surface area contributed by atoms with Gasteiger partial charge in [0.2, 0.25) is 0 Å². The fraction of sp³-hybridized carbons (Fsp3) is 0.538. The van der Waals surface area contributed by atoms with E-state index in [-0.39, 0.29) is 12.2 Å². The van der Waals surface area contributed by atoms with Gasteiger partial charge >= 0.3 is 0 Å². The van der Waals surface area contributed by atoms with Gasteiger partial charge in [-0.15, -0.1) is 0 Å². The first-order valence-corrected chi connectivity index (χ1v) is 11.9. The van der Waals surface area contributed by atoms with E-state index in [0.29, 0.717) is 25.3 Å². The lowest BCUT2D eigenvalue weighted by atomic mass is 10.1. The summed E-state index contributed by atoms with van der Waals surface area (Å²) < 4.78 is 33.5. The Morgan fingerprint density at radius 3 is 1.47 bits per heavy atom. The number of ether oxygens (including phenoxy) is 6. The average molecular weight is 471 g/mol. The Balaban J connectivity index is 1.28. The van der Waals surface area contributed by atoms with Gasteiger partial charge in [0, 0.05) is 48.7 Å². The average Bonchev–Trinajstić information content (AvgIpc) is 3.78. The molecule has 0 N–H and O–H groups in total.